The van der Waals surface area contributed by atoms with Crippen molar-refractivity contribution in [2.45, 2.75) is 31.8 Å². The van der Waals surface area contributed by atoms with Crippen molar-refractivity contribution >= 4 is 17.5 Å². The van der Waals surface area contributed by atoms with E-state index in [-0.39, 0.29) is 12.0 Å². The zero-order valence-corrected chi connectivity index (χ0v) is 12.1. The number of hydrogen-bond acceptors (Lipinski definition) is 4. The van der Waals surface area contributed by atoms with E-state index in [2.05, 4.69) is 16.5 Å². The normalized spacial score (nSPS) is 18.6. The van der Waals surface area contributed by atoms with Gasteiger partial charge in [0.15, 0.2) is 0 Å². The van der Waals surface area contributed by atoms with Gasteiger partial charge in [0.05, 0.1) is 24.0 Å². The van der Waals surface area contributed by atoms with Crippen molar-refractivity contribution in [1.29, 1.82) is 0 Å². The quantitative estimate of drug-likeness (QED) is 0.783. The van der Waals surface area contributed by atoms with E-state index in [1.807, 2.05) is 4.90 Å². The average Bonchev–Trinajstić information content (AvgIpc) is 2.47. The van der Waals surface area contributed by atoms with Crippen LogP contribution in [0.15, 0.2) is 25.0 Å². The van der Waals surface area contributed by atoms with Gasteiger partial charge in [-0.2, -0.15) is 0 Å². The number of likely N-dealkylation sites (tertiary alicyclic amines) is 1. The topological polar surface area (TPSA) is 55.3 Å². The molecule has 0 N–H and O–H groups in total. The summed E-state index contributed by atoms with van der Waals surface area (Å²) in [5, 5.41) is 0.474. The number of allylic oxidation sites excluding steroid dienone is 1. The summed E-state index contributed by atoms with van der Waals surface area (Å²) in [7, 11) is 0. The van der Waals surface area contributed by atoms with Crippen LogP contribution in [-0.2, 0) is 4.79 Å². The van der Waals surface area contributed by atoms with Crippen LogP contribution in [0.5, 0.6) is 6.01 Å². The van der Waals surface area contributed by atoms with Gasteiger partial charge in [0, 0.05) is 13.0 Å². The molecular weight excluding hydrogens is 278 g/mol. The Balaban J connectivity index is 1.88. The van der Waals surface area contributed by atoms with Crippen LogP contribution in [0.1, 0.15) is 25.7 Å². The first kappa shape index (κ1) is 14.8. The van der Waals surface area contributed by atoms with Gasteiger partial charge in [-0.3, -0.25) is 4.79 Å². The largest absolute Gasteiger partial charge is 0.458 e. The van der Waals surface area contributed by atoms with E-state index in [0.717, 1.165) is 19.4 Å². The van der Waals surface area contributed by atoms with Crippen molar-refractivity contribution in [1.82, 2.24) is 14.9 Å². The van der Waals surface area contributed by atoms with Gasteiger partial charge in [-0.25, -0.2) is 9.97 Å². The van der Waals surface area contributed by atoms with Gasteiger partial charge in [0.1, 0.15) is 6.10 Å². The van der Waals surface area contributed by atoms with Crippen LogP contribution in [0.3, 0.4) is 0 Å². The molecule has 1 amide bonds. The van der Waals surface area contributed by atoms with E-state index in [0.29, 0.717) is 30.4 Å². The maximum atomic E-state index is 12.0. The Morgan fingerprint density at radius 1 is 1.55 bits per heavy atom. The van der Waals surface area contributed by atoms with Crippen LogP contribution in [0.4, 0.5) is 0 Å². The number of carbonyl (C=O) groups excluding carboxylic acids is 1. The summed E-state index contributed by atoms with van der Waals surface area (Å²) in [5.41, 5.74) is 0. The van der Waals surface area contributed by atoms with Crippen molar-refractivity contribution in [2.24, 2.45) is 0 Å². The van der Waals surface area contributed by atoms with Gasteiger partial charge in [-0.1, -0.05) is 17.7 Å². The summed E-state index contributed by atoms with van der Waals surface area (Å²) in [6, 6.07) is 0.305. The van der Waals surface area contributed by atoms with Gasteiger partial charge >= 0.3 is 6.01 Å². The molecule has 2 rings (SSSR count). The lowest BCUT2D eigenvalue weighted by atomic mass is 10.1. The maximum Gasteiger partial charge on any atom is 0.316 e. The number of rotatable bonds is 5. The fourth-order valence-corrected chi connectivity index (χ4v) is 2.25. The predicted molar refractivity (Wildman–Crippen MR) is 76.7 cm³/mol. The maximum absolute atomic E-state index is 12.0. The number of ether oxygens (including phenoxy) is 1. The standard InChI is InChI=1S/C14H18ClN3O2/c1-2-3-6-13(19)18-7-4-5-12(10-18)20-14-16-8-11(15)9-17-14/h2,8-9,12H,1,3-7,10H2/t12-/m0/s1. The molecule has 0 aliphatic carbocycles. The van der Waals surface area contributed by atoms with Crippen LogP contribution in [0.25, 0.3) is 0 Å². The summed E-state index contributed by atoms with van der Waals surface area (Å²) in [5.74, 6) is 0.148. The van der Waals surface area contributed by atoms with Gasteiger partial charge in [0.25, 0.3) is 0 Å². The Morgan fingerprint density at radius 2 is 2.30 bits per heavy atom. The Hall–Kier alpha value is -1.62. The smallest absolute Gasteiger partial charge is 0.316 e. The predicted octanol–water partition coefficient (Wildman–Crippen LogP) is 2.47. The highest BCUT2D eigenvalue weighted by molar-refractivity contribution is 6.30. The second-order valence-electron chi connectivity index (χ2n) is 4.73. The second kappa shape index (κ2) is 7.24. The Morgan fingerprint density at radius 3 is 3.00 bits per heavy atom. The van der Waals surface area contributed by atoms with E-state index in [1.165, 1.54) is 12.4 Å². The van der Waals surface area contributed by atoms with Crippen LogP contribution in [0, 0.1) is 0 Å². The highest BCUT2D eigenvalue weighted by atomic mass is 35.5. The van der Waals surface area contributed by atoms with Gasteiger partial charge in [0.2, 0.25) is 5.91 Å². The number of nitrogens with zero attached hydrogens (tertiary/aromatic N) is 3. The first-order valence-electron chi connectivity index (χ1n) is 6.72. The summed E-state index contributed by atoms with van der Waals surface area (Å²) >= 11 is 5.73. The molecule has 0 bridgehead atoms. The summed E-state index contributed by atoms with van der Waals surface area (Å²) in [4.78, 5) is 21.8. The lowest BCUT2D eigenvalue weighted by molar-refractivity contribution is -0.133. The van der Waals surface area contributed by atoms with Crippen LogP contribution in [0.2, 0.25) is 5.02 Å². The third kappa shape index (κ3) is 4.20. The molecule has 0 unspecified atom stereocenters. The molecule has 1 aliphatic heterocycles. The average molecular weight is 296 g/mol. The zero-order chi connectivity index (χ0) is 14.4. The molecule has 1 aromatic rings. The highest BCUT2D eigenvalue weighted by Gasteiger charge is 2.24. The fraction of sp³-hybridized carbons (Fsp3) is 0.500. The molecule has 1 atom stereocenters. The third-order valence-electron chi connectivity index (χ3n) is 3.16. The number of hydrogen-bond donors (Lipinski definition) is 0. The molecule has 108 valence electrons. The number of carbonyl (C=O) groups is 1. The van der Waals surface area contributed by atoms with Gasteiger partial charge in [-0.05, 0) is 19.3 Å². The third-order valence-corrected chi connectivity index (χ3v) is 3.36. The van der Waals surface area contributed by atoms with Crippen molar-refractivity contribution in [3.8, 4) is 6.01 Å². The molecule has 0 aromatic carbocycles. The van der Waals surface area contributed by atoms with Crippen LogP contribution < -0.4 is 4.74 Å². The van der Waals surface area contributed by atoms with E-state index < -0.39 is 0 Å². The summed E-state index contributed by atoms with van der Waals surface area (Å²) in [6.45, 7) is 5.01. The van der Waals surface area contributed by atoms with Crippen molar-refractivity contribution < 1.29 is 9.53 Å². The molecular formula is C14H18ClN3O2. The first-order chi connectivity index (χ1) is 9.69. The van der Waals surface area contributed by atoms with Crippen molar-refractivity contribution in [2.75, 3.05) is 13.1 Å². The Kier molecular flexibility index (Phi) is 5.35. The monoisotopic (exact) mass is 295 g/mol. The molecule has 0 radical (unpaired) electrons. The summed E-state index contributed by atoms with van der Waals surface area (Å²) in [6.07, 6.45) is 7.75. The minimum absolute atomic E-state index is 0.0578. The minimum atomic E-state index is -0.0578. The van der Waals surface area contributed by atoms with Crippen LogP contribution in [-0.4, -0.2) is 40.0 Å². The molecule has 5 nitrogen and oxygen atoms in total. The second-order valence-corrected chi connectivity index (χ2v) is 5.17. The van der Waals surface area contributed by atoms with E-state index >= 15 is 0 Å². The lowest BCUT2D eigenvalue weighted by Crippen LogP contribution is -2.44. The lowest BCUT2D eigenvalue weighted by Gasteiger charge is -2.32. The molecule has 0 saturated carbocycles. The highest BCUT2D eigenvalue weighted by Crippen LogP contribution is 2.17. The molecule has 20 heavy (non-hydrogen) atoms. The SMILES string of the molecule is C=CCCC(=O)N1CCC[C@H](Oc2ncc(Cl)cn2)C1. The molecule has 1 saturated heterocycles. The molecule has 6 heteroatoms. The van der Waals surface area contributed by atoms with E-state index in [9.17, 15) is 4.79 Å². The van der Waals surface area contributed by atoms with Crippen LogP contribution >= 0.6 is 11.6 Å². The number of amides is 1. The Labute approximate surface area is 123 Å². The fourth-order valence-electron chi connectivity index (χ4n) is 2.15. The van der Waals surface area contributed by atoms with E-state index in [4.69, 9.17) is 16.3 Å². The number of piperidine rings is 1. The molecule has 1 aliphatic rings. The number of aromatic nitrogens is 2. The van der Waals surface area contributed by atoms with Crippen molar-refractivity contribution in [3.63, 3.8) is 0 Å². The summed E-state index contributed by atoms with van der Waals surface area (Å²) < 4.78 is 5.70. The Bertz CT molecular complexity index is 464. The van der Waals surface area contributed by atoms with E-state index in [1.54, 1.807) is 6.08 Å². The van der Waals surface area contributed by atoms with Gasteiger partial charge < -0.3 is 9.64 Å². The zero-order valence-electron chi connectivity index (χ0n) is 11.3. The number of halogens is 1. The molecule has 2 heterocycles. The van der Waals surface area contributed by atoms with Gasteiger partial charge in [-0.15, -0.1) is 6.58 Å². The molecule has 1 aromatic heterocycles. The molecule has 0 spiro atoms. The molecule has 1 fully saturated rings. The minimum Gasteiger partial charge on any atom is -0.458 e. The van der Waals surface area contributed by atoms with Crippen molar-refractivity contribution in [3.05, 3.63) is 30.1 Å². The first-order valence-corrected chi connectivity index (χ1v) is 7.09.